The number of carbonyl (C=O) groups is 3. The summed E-state index contributed by atoms with van der Waals surface area (Å²) in [7, 11) is 0. The van der Waals surface area contributed by atoms with E-state index >= 15 is 0 Å². The largest absolute Gasteiger partial charge is 0.422 e. The Morgan fingerprint density at radius 3 is 1.87 bits per heavy atom. The van der Waals surface area contributed by atoms with Crippen molar-refractivity contribution in [2.75, 3.05) is 0 Å². The van der Waals surface area contributed by atoms with Crippen molar-refractivity contribution in [3.63, 3.8) is 0 Å². The molecule has 1 atom stereocenters. The lowest BCUT2D eigenvalue weighted by Gasteiger charge is -2.24. The van der Waals surface area contributed by atoms with Crippen molar-refractivity contribution in [1.82, 2.24) is 10.2 Å². The van der Waals surface area contributed by atoms with Gasteiger partial charge in [0.25, 0.3) is 17.4 Å². The number of ether oxygens (including phenoxy) is 1. The van der Waals surface area contributed by atoms with Crippen molar-refractivity contribution >= 4 is 17.9 Å². The number of rotatable bonds is 7. The van der Waals surface area contributed by atoms with Gasteiger partial charge >= 0.3 is 6.09 Å². The van der Waals surface area contributed by atoms with Crippen molar-refractivity contribution in [3.05, 3.63) is 108 Å². The lowest BCUT2D eigenvalue weighted by Crippen LogP contribution is -2.54. The van der Waals surface area contributed by atoms with E-state index in [0.29, 0.717) is 0 Å². The van der Waals surface area contributed by atoms with Crippen LogP contribution in [0.15, 0.2) is 91.0 Å². The summed E-state index contributed by atoms with van der Waals surface area (Å²) in [5.41, 5.74) is 0.429. The van der Waals surface area contributed by atoms with Gasteiger partial charge in [0.2, 0.25) is 0 Å². The van der Waals surface area contributed by atoms with E-state index in [-0.39, 0.29) is 19.5 Å². The third kappa shape index (κ3) is 4.33. The Hall–Kier alpha value is -3.93. The molecule has 0 aliphatic carbocycles. The highest BCUT2D eigenvalue weighted by atomic mass is 16.6. The van der Waals surface area contributed by atoms with Crippen LogP contribution in [0.5, 0.6) is 0 Å². The predicted molar refractivity (Wildman–Crippen MR) is 115 cm³/mol. The zero-order valence-corrected chi connectivity index (χ0v) is 16.9. The quantitative estimate of drug-likeness (QED) is 0.601. The molecule has 0 radical (unpaired) electrons. The maximum atomic E-state index is 13.4. The van der Waals surface area contributed by atoms with Crippen molar-refractivity contribution in [3.8, 4) is 0 Å². The summed E-state index contributed by atoms with van der Waals surface area (Å²) in [6.07, 6.45) is -0.857. The Bertz CT molecular complexity index is 1070. The molecule has 1 saturated heterocycles. The average Bonchev–Trinajstić information content (AvgIpc) is 3.04. The van der Waals surface area contributed by atoms with E-state index < -0.39 is 23.5 Å². The molecule has 31 heavy (non-hydrogen) atoms. The van der Waals surface area contributed by atoms with Gasteiger partial charge in [-0.25, -0.2) is 9.69 Å². The molecule has 3 amide bonds. The first kappa shape index (κ1) is 20.3. The molecule has 0 bridgehead atoms. The van der Waals surface area contributed by atoms with E-state index in [4.69, 9.17) is 4.74 Å². The molecule has 0 saturated carbocycles. The molecule has 0 spiro atoms. The fourth-order valence-electron chi connectivity index (χ4n) is 3.59. The van der Waals surface area contributed by atoms with Gasteiger partial charge in [-0.3, -0.25) is 9.59 Å². The molecule has 1 aliphatic heterocycles. The van der Waals surface area contributed by atoms with Crippen LogP contribution in [0.1, 0.15) is 16.7 Å². The topological polar surface area (TPSA) is 75.7 Å². The van der Waals surface area contributed by atoms with Gasteiger partial charge in [0, 0.05) is 13.0 Å². The molecule has 6 nitrogen and oxygen atoms in total. The number of amides is 3. The number of imide groups is 1. The Morgan fingerprint density at radius 2 is 1.29 bits per heavy atom. The lowest BCUT2D eigenvalue weighted by atomic mass is 9.92. The Balaban J connectivity index is 1.61. The highest BCUT2D eigenvalue weighted by Crippen LogP contribution is 2.30. The van der Waals surface area contributed by atoms with Crippen LogP contribution in [0, 0.1) is 0 Å². The smallest absolute Gasteiger partial charge is 0.418 e. The molecule has 6 heteroatoms. The summed E-state index contributed by atoms with van der Waals surface area (Å²) in [4.78, 5) is 40.4. The van der Waals surface area contributed by atoms with Gasteiger partial charge in [-0.2, -0.15) is 0 Å². The van der Waals surface area contributed by atoms with Gasteiger partial charge in [0.1, 0.15) is 0 Å². The Labute approximate surface area is 180 Å². The summed E-state index contributed by atoms with van der Waals surface area (Å²) in [5.74, 6) is -1.29. The van der Waals surface area contributed by atoms with E-state index in [1.54, 1.807) is 12.1 Å². The zero-order chi connectivity index (χ0) is 21.7. The minimum atomic E-state index is -1.94. The number of benzene rings is 3. The maximum Gasteiger partial charge on any atom is 0.418 e. The van der Waals surface area contributed by atoms with Crippen LogP contribution in [0.4, 0.5) is 4.79 Å². The van der Waals surface area contributed by atoms with Crippen LogP contribution in [0.3, 0.4) is 0 Å². The van der Waals surface area contributed by atoms with Crippen molar-refractivity contribution < 1.29 is 19.1 Å². The third-order valence-electron chi connectivity index (χ3n) is 5.21. The predicted octanol–water partition coefficient (Wildman–Crippen LogP) is 3.46. The van der Waals surface area contributed by atoms with Gasteiger partial charge in [-0.1, -0.05) is 91.0 Å². The molecule has 3 aromatic rings. The van der Waals surface area contributed by atoms with E-state index in [1.807, 2.05) is 78.9 Å². The van der Waals surface area contributed by atoms with Crippen LogP contribution in [-0.2, 0) is 33.8 Å². The summed E-state index contributed by atoms with van der Waals surface area (Å²) >= 11 is 0. The van der Waals surface area contributed by atoms with E-state index in [2.05, 4.69) is 5.32 Å². The molecular formula is C25H22N2O4. The summed E-state index contributed by atoms with van der Waals surface area (Å²) < 4.78 is 5.53. The minimum Gasteiger partial charge on any atom is -0.422 e. The number of nitrogens with one attached hydrogen (secondary N) is 1. The molecule has 4 rings (SSSR count). The second kappa shape index (κ2) is 8.83. The highest BCUT2D eigenvalue weighted by molar-refractivity contribution is 6.17. The summed E-state index contributed by atoms with van der Waals surface area (Å²) in [6, 6.07) is 27.5. The first-order valence-electron chi connectivity index (χ1n) is 10.0. The molecule has 1 N–H and O–H groups in total. The standard InChI is InChI=1S/C25H22N2O4/c28-22(26-17-20-12-6-2-7-13-20)25(16-19-10-4-1-5-11-19)23(29)27(24(30)31-25)18-21-14-8-3-9-15-21/h1-15H,16-18H2,(H,26,28)/t25-/m1/s1. The van der Waals surface area contributed by atoms with Gasteiger partial charge in [-0.05, 0) is 16.7 Å². The van der Waals surface area contributed by atoms with Crippen molar-refractivity contribution in [2.24, 2.45) is 0 Å². The lowest BCUT2D eigenvalue weighted by molar-refractivity contribution is -0.149. The minimum absolute atomic E-state index is 0.0374. The van der Waals surface area contributed by atoms with Crippen LogP contribution >= 0.6 is 0 Å². The number of nitrogens with zero attached hydrogens (tertiary/aromatic N) is 1. The number of carbonyl (C=O) groups excluding carboxylic acids is 3. The second-order valence-corrected chi connectivity index (χ2v) is 7.40. The number of cyclic esters (lactones) is 1. The first-order chi connectivity index (χ1) is 15.1. The molecule has 0 aromatic heterocycles. The fraction of sp³-hybridized carbons (Fsp3) is 0.160. The fourth-order valence-corrected chi connectivity index (χ4v) is 3.59. The molecule has 3 aromatic carbocycles. The maximum absolute atomic E-state index is 13.4. The van der Waals surface area contributed by atoms with Crippen molar-refractivity contribution in [2.45, 2.75) is 25.1 Å². The van der Waals surface area contributed by atoms with E-state index in [0.717, 1.165) is 21.6 Å². The molecule has 1 aliphatic rings. The summed E-state index contributed by atoms with van der Waals surface area (Å²) in [6.45, 7) is 0.265. The first-order valence-corrected chi connectivity index (χ1v) is 10.0. The van der Waals surface area contributed by atoms with Crippen LogP contribution in [-0.4, -0.2) is 28.4 Å². The van der Waals surface area contributed by atoms with E-state index in [1.165, 1.54) is 0 Å². The summed E-state index contributed by atoms with van der Waals surface area (Å²) in [5, 5.41) is 2.77. The van der Waals surface area contributed by atoms with Crippen LogP contribution in [0.25, 0.3) is 0 Å². The Morgan fingerprint density at radius 1 is 0.774 bits per heavy atom. The highest BCUT2D eigenvalue weighted by Gasteiger charge is 2.59. The van der Waals surface area contributed by atoms with Crippen LogP contribution < -0.4 is 5.32 Å². The SMILES string of the molecule is O=C1O[C@](Cc2ccccc2)(C(=O)NCc2ccccc2)C(=O)N1Cc1ccccc1. The molecule has 1 fully saturated rings. The van der Waals surface area contributed by atoms with Crippen molar-refractivity contribution in [1.29, 1.82) is 0 Å². The second-order valence-electron chi connectivity index (χ2n) is 7.40. The van der Waals surface area contributed by atoms with Gasteiger partial charge in [0.05, 0.1) is 6.54 Å². The van der Waals surface area contributed by atoms with Gasteiger partial charge in [-0.15, -0.1) is 0 Å². The Kier molecular flexibility index (Phi) is 5.80. The molecule has 156 valence electrons. The number of hydrogen-bond acceptors (Lipinski definition) is 4. The third-order valence-corrected chi connectivity index (χ3v) is 5.21. The van der Waals surface area contributed by atoms with Gasteiger partial charge in [0.15, 0.2) is 0 Å². The molecule has 1 heterocycles. The number of hydrogen-bond donors (Lipinski definition) is 1. The van der Waals surface area contributed by atoms with Gasteiger partial charge < -0.3 is 10.1 Å². The zero-order valence-electron chi connectivity index (χ0n) is 16.9. The normalized spacial score (nSPS) is 18.0. The molecular weight excluding hydrogens is 392 g/mol. The average molecular weight is 414 g/mol. The van der Waals surface area contributed by atoms with Crippen LogP contribution in [0.2, 0.25) is 0 Å². The monoisotopic (exact) mass is 414 g/mol. The molecule has 0 unspecified atom stereocenters. The van der Waals surface area contributed by atoms with E-state index in [9.17, 15) is 14.4 Å².